The van der Waals surface area contributed by atoms with Gasteiger partial charge in [0.05, 0.1) is 6.04 Å². The molecular weight excluding hydrogens is 347 g/mol. The largest absolute Gasteiger partial charge is 0.336 e. The van der Waals surface area contributed by atoms with Crippen LogP contribution < -0.4 is 5.32 Å². The number of urea groups is 1. The third-order valence-corrected chi connectivity index (χ3v) is 5.23. The number of halogens is 2. The maximum atomic E-state index is 13.9. The van der Waals surface area contributed by atoms with E-state index < -0.39 is 0 Å². The fraction of sp³-hybridized carbons (Fsp3) is 0.529. The fourth-order valence-electron chi connectivity index (χ4n) is 3.28. The summed E-state index contributed by atoms with van der Waals surface area (Å²) >= 11 is 6.09. The molecule has 136 valence electrons. The molecule has 1 aromatic carbocycles. The minimum Gasteiger partial charge on any atom is -0.336 e. The van der Waals surface area contributed by atoms with E-state index in [-0.39, 0.29) is 23.8 Å². The van der Waals surface area contributed by atoms with Gasteiger partial charge in [-0.2, -0.15) is 0 Å². The summed E-state index contributed by atoms with van der Waals surface area (Å²) in [5.74, 6) is -0.459. The zero-order chi connectivity index (χ0) is 18.0. The van der Waals surface area contributed by atoms with Crippen molar-refractivity contribution in [1.29, 1.82) is 0 Å². The van der Waals surface area contributed by atoms with E-state index in [4.69, 9.17) is 11.6 Å². The highest BCUT2D eigenvalue weighted by molar-refractivity contribution is 6.31. The Morgan fingerprint density at radius 2 is 2.00 bits per heavy atom. The number of piperazine rings is 1. The summed E-state index contributed by atoms with van der Waals surface area (Å²) in [6, 6.07) is 4.05. The molecular formula is C17H22ClFN4O2. The number of carbonyl (C=O) groups is 2. The molecule has 0 unspecified atom stereocenters. The SMILES string of the molecule is C[C@@H](C(=O)N1CCNC1=O)N1CCN(Cc2c(F)cccc2Cl)CC1. The molecule has 0 bridgehead atoms. The number of carbonyl (C=O) groups excluding carboxylic acids is 2. The van der Waals surface area contributed by atoms with E-state index in [9.17, 15) is 14.0 Å². The molecule has 25 heavy (non-hydrogen) atoms. The number of benzene rings is 1. The second-order valence-corrected chi connectivity index (χ2v) is 6.82. The lowest BCUT2D eigenvalue weighted by Gasteiger charge is -2.38. The van der Waals surface area contributed by atoms with Crippen LogP contribution in [0.3, 0.4) is 0 Å². The van der Waals surface area contributed by atoms with Crippen LogP contribution in [0, 0.1) is 5.82 Å². The van der Waals surface area contributed by atoms with Gasteiger partial charge in [-0.15, -0.1) is 0 Å². The second kappa shape index (κ2) is 7.68. The van der Waals surface area contributed by atoms with Gasteiger partial charge in [0.25, 0.3) is 0 Å². The van der Waals surface area contributed by atoms with Crippen molar-refractivity contribution in [2.24, 2.45) is 0 Å². The summed E-state index contributed by atoms with van der Waals surface area (Å²) in [5, 5.41) is 3.08. The lowest BCUT2D eigenvalue weighted by molar-refractivity contribution is -0.133. The van der Waals surface area contributed by atoms with Crippen LogP contribution in [0.1, 0.15) is 12.5 Å². The van der Waals surface area contributed by atoms with Gasteiger partial charge in [0.2, 0.25) is 5.91 Å². The molecule has 0 aliphatic carbocycles. The van der Waals surface area contributed by atoms with Gasteiger partial charge in [-0.25, -0.2) is 9.18 Å². The van der Waals surface area contributed by atoms with E-state index in [1.165, 1.54) is 11.0 Å². The monoisotopic (exact) mass is 368 g/mol. The maximum Gasteiger partial charge on any atom is 0.324 e. The third kappa shape index (κ3) is 3.94. The number of amides is 3. The third-order valence-electron chi connectivity index (χ3n) is 4.88. The van der Waals surface area contributed by atoms with E-state index in [1.54, 1.807) is 12.1 Å². The lowest BCUT2D eigenvalue weighted by Crippen LogP contribution is -2.54. The topological polar surface area (TPSA) is 55.9 Å². The predicted molar refractivity (Wildman–Crippen MR) is 92.8 cm³/mol. The molecule has 3 amide bonds. The van der Waals surface area contributed by atoms with Gasteiger partial charge in [-0.05, 0) is 19.1 Å². The highest BCUT2D eigenvalue weighted by atomic mass is 35.5. The smallest absolute Gasteiger partial charge is 0.324 e. The van der Waals surface area contributed by atoms with Gasteiger partial charge in [-0.3, -0.25) is 19.5 Å². The van der Waals surface area contributed by atoms with Gasteiger partial charge in [0.15, 0.2) is 0 Å². The minimum atomic E-state index is -0.344. The van der Waals surface area contributed by atoms with Gasteiger partial charge in [-0.1, -0.05) is 17.7 Å². The summed E-state index contributed by atoms with van der Waals surface area (Å²) in [5.41, 5.74) is 0.510. The van der Waals surface area contributed by atoms with Crippen molar-refractivity contribution in [1.82, 2.24) is 20.0 Å². The average molecular weight is 369 g/mol. The van der Waals surface area contributed by atoms with Crippen LogP contribution >= 0.6 is 11.6 Å². The summed E-state index contributed by atoms with van der Waals surface area (Å²) < 4.78 is 13.9. The molecule has 8 heteroatoms. The zero-order valence-corrected chi connectivity index (χ0v) is 14.9. The normalized spacial score (nSPS) is 20.6. The first kappa shape index (κ1) is 18.1. The van der Waals surface area contributed by atoms with Crippen molar-refractivity contribution in [3.05, 3.63) is 34.6 Å². The van der Waals surface area contributed by atoms with Crippen molar-refractivity contribution in [3.8, 4) is 0 Å². The average Bonchev–Trinajstić information content (AvgIpc) is 3.03. The van der Waals surface area contributed by atoms with Crippen molar-refractivity contribution < 1.29 is 14.0 Å². The molecule has 0 aromatic heterocycles. The van der Waals surface area contributed by atoms with E-state index >= 15 is 0 Å². The summed E-state index contributed by atoms with van der Waals surface area (Å²) in [6.07, 6.45) is 0. The molecule has 2 saturated heterocycles. The molecule has 2 aliphatic heterocycles. The first-order valence-corrected chi connectivity index (χ1v) is 8.83. The van der Waals surface area contributed by atoms with E-state index in [1.807, 2.05) is 6.92 Å². The molecule has 6 nitrogen and oxygen atoms in total. The van der Waals surface area contributed by atoms with Crippen LogP contribution in [-0.4, -0.2) is 71.9 Å². The van der Waals surface area contributed by atoms with Crippen LogP contribution in [0.15, 0.2) is 18.2 Å². The first-order chi connectivity index (χ1) is 12.0. The van der Waals surface area contributed by atoms with Gasteiger partial charge < -0.3 is 5.32 Å². The summed E-state index contributed by atoms with van der Waals surface area (Å²) in [4.78, 5) is 29.6. The Labute approximate surface area is 151 Å². The standard InChI is InChI=1S/C17H22ClFN4O2/c1-12(16(24)23-6-5-20-17(23)25)22-9-7-21(8-10-22)11-13-14(18)3-2-4-15(13)19/h2-4,12H,5-11H2,1H3,(H,20,25)/t12-/m0/s1. The molecule has 2 heterocycles. The fourth-order valence-corrected chi connectivity index (χ4v) is 3.50. The maximum absolute atomic E-state index is 13.9. The van der Waals surface area contributed by atoms with E-state index in [0.717, 1.165) is 0 Å². The number of hydrogen-bond donors (Lipinski definition) is 1. The number of hydrogen-bond acceptors (Lipinski definition) is 4. The van der Waals surface area contributed by atoms with Crippen molar-refractivity contribution >= 4 is 23.5 Å². The van der Waals surface area contributed by atoms with Crippen LogP contribution in [0.25, 0.3) is 0 Å². The molecule has 0 radical (unpaired) electrons. The Morgan fingerprint density at radius 1 is 1.28 bits per heavy atom. The number of rotatable bonds is 4. The molecule has 2 fully saturated rings. The Kier molecular flexibility index (Phi) is 5.56. The highest BCUT2D eigenvalue weighted by Gasteiger charge is 2.33. The van der Waals surface area contributed by atoms with Crippen molar-refractivity contribution in [2.45, 2.75) is 19.5 Å². The van der Waals surface area contributed by atoms with Gasteiger partial charge in [0.1, 0.15) is 5.82 Å². The van der Waals surface area contributed by atoms with Crippen molar-refractivity contribution in [3.63, 3.8) is 0 Å². The second-order valence-electron chi connectivity index (χ2n) is 6.41. The molecule has 2 aliphatic rings. The quantitative estimate of drug-likeness (QED) is 0.876. The molecule has 0 spiro atoms. The Balaban J connectivity index is 1.55. The first-order valence-electron chi connectivity index (χ1n) is 8.46. The Morgan fingerprint density at radius 3 is 2.60 bits per heavy atom. The van der Waals surface area contributed by atoms with Crippen LogP contribution in [0.5, 0.6) is 0 Å². The van der Waals surface area contributed by atoms with Crippen LogP contribution in [-0.2, 0) is 11.3 Å². The Hall–Kier alpha value is -1.70. The van der Waals surface area contributed by atoms with Gasteiger partial charge >= 0.3 is 6.03 Å². The van der Waals surface area contributed by atoms with Crippen LogP contribution in [0.2, 0.25) is 5.02 Å². The molecule has 0 saturated carbocycles. The number of imide groups is 1. The molecule has 1 atom stereocenters. The minimum absolute atomic E-state index is 0.166. The number of nitrogens with one attached hydrogen (secondary N) is 1. The summed E-state index contributed by atoms with van der Waals surface area (Å²) in [7, 11) is 0. The van der Waals surface area contributed by atoms with Gasteiger partial charge in [0, 0.05) is 56.4 Å². The predicted octanol–water partition coefficient (Wildman–Crippen LogP) is 1.54. The zero-order valence-electron chi connectivity index (χ0n) is 14.2. The lowest BCUT2D eigenvalue weighted by atomic mass is 10.1. The van der Waals surface area contributed by atoms with E-state index in [0.29, 0.717) is 56.4 Å². The highest BCUT2D eigenvalue weighted by Crippen LogP contribution is 2.21. The molecule has 1 N–H and O–H groups in total. The van der Waals surface area contributed by atoms with Crippen molar-refractivity contribution in [2.75, 3.05) is 39.3 Å². The molecule has 1 aromatic rings. The Bertz CT molecular complexity index is 644. The molecule has 3 rings (SSSR count). The van der Waals surface area contributed by atoms with Crippen LogP contribution in [0.4, 0.5) is 9.18 Å². The van der Waals surface area contributed by atoms with E-state index in [2.05, 4.69) is 15.1 Å². The summed E-state index contributed by atoms with van der Waals surface area (Å²) in [6.45, 7) is 6.03. The number of nitrogens with zero attached hydrogens (tertiary/aromatic N) is 3.